The maximum Gasteiger partial charge on any atom is 0.240 e. The van der Waals surface area contributed by atoms with Crippen molar-refractivity contribution in [3.05, 3.63) is 54.1 Å². The van der Waals surface area contributed by atoms with Crippen LogP contribution in [0.5, 0.6) is 5.75 Å². The van der Waals surface area contributed by atoms with E-state index in [4.69, 9.17) is 4.74 Å². The highest BCUT2D eigenvalue weighted by molar-refractivity contribution is 5.83. The van der Waals surface area contributed by atoms with Crippen LogP contribution in [0.2, 0.25) is 0 Å². The highest BCUT2D eigenvalue weighted by Crippen LogP contribution is 2.19. The first-order valence-electron chi connectivity index (χ1n) is 8.83. The lowest BCUT2D eigenvalue weighted by atomic mass is 10.2. The lowest BCUT2D eigenvalue weighted by molar-refractivity contribution is -0.121. The predicted molar refractivity (Wildman–Crippen MR) is 105 cm³/mol. The fourth-order valence-electron chi connectivity index (χ4n) is 2.79. The number of rotatable bonds is 8. The fourth-order valence-corrected chi connectivity index (χ4v) is 2.79. The standard InChI is InChI=1S/C20H24N4O3/c1-14(25)11-22-20-23-17-8-3-4-9-18(17)24(20)13-19(26)21-12-15-6-5-7-16(10-15)27-2/h3-10,14,25H,11-13H2,1-2H3,(H,21,26)(H,22,23). The molecule has 1 heterocycles. The zero-order valence-corrected chi connectivity index (χ0v) is 15.5. The summed E-state index contributed by atoms with van der Waals surface area (Å²) < 4.78 is 7.02. The molecule has 7 nitrogen and oxygen atoms in total. The number of anilines is 1. The van der Waals surface area contributed by atoms with Crippen molar-refractivity contribution in [2.45, 2.75) is 26.1 Å². The van der Waals surface area contributed by atoms with Crippen molar-refractivity contribution >= 4 is 22.9 Å². The minimum absolute atomic E-state index is 0.124. The molecule has 27 heavy (non-hydrogen) atoms. The summed E-state index contributed by atoms with van der Waals surface area (Å²) in [5.74, 6) is 1.20. The zero-order valence-electron chi connectivity index (χ0n) is 15.5. The van der Waals surface area contributed by atoms with Gasteiger partial charge in [0.15, 0.2) is 0 Å². The summed E-state index contributed by atoms with van der Waals surface area (Å²) in [4.78, 5) is 17.0. The Labute approximate surface area is 158 Å². The molecule has 0 saturated carbocycles. The number of benzene rings is 2. The van der Waals surface area contributed by atoms with Gasteiger partial charge < -0.3 is 25.0 Å². The normalized spacial score (nSPS) is 12.0. The van der Waals surface area contributed by atoms with Crippen LogP contribution in [0.25, 0.3) is 11.0 Å². The molecule has 0 radical (unpaired) electrons. The van der Waals surface area contributed by atoms with E-state index < -0.39 is 6.10 Å². The Bertz CT molecular complexity index is 920. The van der Waals surface area contributed by atoms with Gasteiger partial charge in [0.2, 0.25) is 11.9 Å². The molecule has 1 unspecified atom stereocenters. The van der Waals surface area contributed by atoms with Crippen LogP contribution in [0.1, 0.15) is 12.5 Å². The lowest BCUT2D eigenvalue weighted by Gasteiger charge is -2.12. The third kappa shape index (κ3) is 4.77. The first-order valence-corrected chi connectivity index (χ1v) is 8.83. The average molecular weight is 368 g/mol. The van der Waals surface area contributed by atoms with Crippen molar-refractivity contribution in [2.75, 3.05) is 19.0 Å². The molecule has 0 aliphatic carbocycles. The number of amides is 1. The summed E-state index contributed by atoms with van der Waals surface area (Å²) in [6.07, 6.45) is -0.514. The smallest absolute Gasteiger partial charge is 0.240 e. The third-order valence-corrected chi connectivity index (χ3v) is 4.14. The van der Waals surface area contributed by atoms with Crippen molar-refractivity contribution in [1.29, 1.82) is 0 Å². The van der Waals surface area contributed by atoms with Gasteiger partial charge in [0.05, 0.1) is 24.2 Å². The first-order chi connectivity index (χ1) is 13.1. The van der Waals surface area contributed by atoms with Gasteiger partial charge in [0.1, 0.15) is 12.3 Å². The van der Waals surface area contributed by atoms with Crippen molar-refractivity contribution < 1.29 is 14.6 Å². The SMILES string of the molecule is COc1cccc(CNC(=O)Cn2c(NCC(C)O)nc3ccccc32)c1. The minimum atomic E-state index is -0.514. The van der Waals surface area contributed by atoms with Gasteiger partial charge >= 0.3 is 0 Å². The molecule has 0 aliphatic heterocycles. The van der Waals surface area contributed by atoms with Crippen molar-refractivity contribution in [2.24, 2.45) is 0 Å². The number of para-hydroxylation sites is 2. The molecule has 7 heteroatoms. The van der Waals surface area contributed by atoms with E-state index in [-0.39, 0.29) is 12.5 Å². The molecule has 0 aliphatic rings. The number of aliphatic hydroxyl groups excluding tert-OH is 1. The van der Waals surface area contributed by atoms with Gasteiger partial charge in [-0.25, -0.2) is 4.98 Å². The Morgan fingerprint density at radius 1 is 1.26 bits per heavy atom. The molecule has 142 valence electrons. The van der Waals surface area contributed by atoms with E-state index >= 15 is 0 Å². The van der Waals surface area contributed by atoms with E-state index in [1.807, 2.05) is 53.1 Å². The zero-order chi connectivity index (χ0) is 19.2. The molecule has 0 saturated heterocycles. The van der Waals surface area contributed by atoms with Gasteiger partial charge in [-0.3, -0.25) is 4.79 Å². The summed E-state index contributed by atoms with van der Waals surface area (Å²) in [7, 11) is 1.61. The van der Waals surface area contributed by atoms with Crippen molar-refractivity contribution in [3.8, 4) is 5.75 Å². The van der Waals surface area contributed by atoms with E-state index in [0.29, 0.717) is 19.0 Å². The maximum absolute atomic E-state index is 12.5. The number of imidazole rings is 1. The van der Waals surface area contributed by atoms with Crippen LogP contribution >= 0.6 is 0 Å². The molecule has 3 aromatic rings. The molecule has 1 aromatic heterocycles. The number of aromatic nitrogens is 2. The quantitative estimate of drug-likeness (QED) is 0.567. The minimum Gasteiger partial charge on any atom is -0.497 e. The molecule has 0 bridgehead atoms. The number of carbonyl (C=O) groups is 1. The predicted octanol–water partition coefficient (Wildman–Crippen LogP) is 2.15. The average Bonchev–Trinajstić information content (AvgIpc) is 3.02. The number of carbonyl (C=O) groups excluding carboxylic acids is 1. The van der Waals surface area contributed by atoms with Crippen LogP contribution in [0, 0.1) is 0 Å². The van der Waals surface area contributed by atoms with Crippen LogP contribution in [0.4, 0.5) is 5.95 Å². The summed E-state index contributed by atoms with van der Waals surface area (Å²) >= 11 is 0. The van der Waals surface area contributed by atoms with Gasteiger partial charge in [-0.15, -0.1) is 0 Å². The molecule has 3 N–H and O–H groups in total. The number of hydrogen-bond donors (Lipinski definition) is 3. The molecule has 1 atom stereocenters. The molecule has 1 amide bonds. The summed E-state index contributed by atoms with van der Waals surface area (Å²) in [5.41, 5.74) is 2.62. The number of methoxy groups -OCH3 is 1. The first kappa shape index (κ1) is 18.7. The molecular formula is C20H24N4O3. The monoisotopic (exact) mass is 368 g/mol. The highest BCUT2D eigenvalue weighted by atomic mass is 16.5. The van der Waals surface area contributed by atoms with Gasteiger partial charge in [0.25, 0.3) is 0 Å². The summed E-state index contributed by atoms with van der Waals surface area (Å²) in [6, 6.07) is 15.2. The Morgan fingerprint density at radius 2 is 2.07 bits per heavy atom. The molecular weight excluding hydrogens is 344 g/mol. The van der Waals surface area contributed by atoms with E-state index in [9.17, 15) is 9.90 Å². The maximum atomic E-state index is 12.5. The highest BCUT2D eigenvalue weighted by Gasteiger charge is 2.14. The molecule has 0 spiro atoms. The number of fused-ring (bicyclic) bond motifs is 1. The number of hydrogen-bond acceptors (Lipinski definition) is 5. The van der Waals surface area contributed by atoms with Gasteiger partial charge in [-0.05, 0) is 36.8 Å². The Kier molecular flexibility index (Phi) is 5.93. The molecule has 0 fully saturated rings. The topological polar surface area (TPSA) is 88.4 Å². The summed E-state index contributed by atoms with van der Waals surface area (Å²) in [5, 5.41) is 15.6. The van der Waals surface area contributed by atoms with Crippen molar-refractivity contribution in [3.63, 3.8) is 0 Å². The Balaban J connectivity index is 1.72. The van der Waals surface area contributed by atoms with E-state index in [1.54, 1.807) is 14.0 Å². The van der Waals surface area contributed by atoms with Crippen LogP contribution in [0.15, 0.2) is 48.5 Å². The van der Waals surface area contributed by atoms with Crippen LogP contribution < -0.4 is 15.4 Å². The van der Waals surface area contributed by atoms with Gasteiger partial charge in [-0.2, -0.15) is 0 Å². The second-order valence-corrected chi connectivity index (χ2v) is 6.37. The Hall–Kier alpha value is -3.06. The number of nitrogens with one attached hydrogen (secondary N) is 2. The summed E-state index contributed by atoms with van der Waals surface area (Å²) in [6.45, 7) is 2.60. The fraction of sp³-hybridized carbons (Fsp3) is 0.300. The second kappa shape index (κ2) is 8.55. The van der Waals surface area contributed by atoms with Crippen LogP contribution in [-0.4, -0.2) is 40.3 Å². The molecule has 3 rings (SSSR count). The number of nitrogens with zero attached hydrogens (tertiary/aromatic N) is 2. The largest absolute Gasteiger partial charge is 0.497 e. The van der Waals surface area contributed by atoms with Crippen LogP contribution in [-0.2, 0) is 17.9 Å². The van der Waals surface area contributed by atoms with Crippen LogP contribution in [0.3, 0.4) is 0 Å². The lowest BCUT2D eigenvalue weighted by Crippen LogP contribution is -2.28. The van der Waals surface area contributed by atoms with Crippen molar-refractivity contribution in [1.82, 2.24) is 14.9 Å². The van der Waals surface area contributed by atoms with E-state index in [1.165, 1.54) is 0 Å². The second-order valence-electron chi connectivity index (χ2n) is 6.37. The number of ether oxygens (including phenoxy) is 1. The third-order valence-electron chi connectivity index (χ3n) is 4.14. The van der Waals surface area contributed by atoms with E-state index in [0.717, 1.165) is 22.3 Å². The molecule has 2 aromatic carbocycles. The van der Waals surface area contributed by atoms with E-state index in [2.05, 4.69) is 15.6 Å². The van der Waals surface area contributed by atoms with Gasteiger partial charge in [0, 0.05) is 13.1 Å². The number of aliphatic hydroxyl groups is 1. The van der Waals surface area contributed by atoms with Gasteiger partial charge in [-0.1, -0.05) is 24.3 Å². The Morgan fingerprint density at radius 3 is 2.85 bits per heavy atom.